The summed E-state index contributed by atoms with van der Waals surface area (Å²) >= 11 is 0. The van der Waals surface area contributed by atoms with Gasteiger partial charge in [-0.2, -0.15) is 0 Å². The summed E-state index contributed by atoms with van der Waals surface area (Å²) in [7, 11) is 1.65. The van der Waals surface area contributed by atoms with Gasteiger partial charge in [-0.25, -0.2) is 0 Å². The highest BCUT2D eigenvalue weighted by molar-refractivity contribution is 6.01. The Labute approximate surface area is 264 Å². The Morgan fingerprint density at radius 3 is 2.20 bits per heavy atom. The normalized spacial score (nSPS) is 20.6. The van der Waals surface area contributed by atoms with Gasteiger partial charge in [-0.3, -0.25) is 24.1 Å². The van der Waals surface area contributed by atoms with E-state index in [4.69, 9.17) is 4.74 Å². The van der Waals surface area contributed by atoms with Crippen LogP contribution in [-0.2, 0) is 27.3 Å². The first-order valence-corrected chi connectivity index (χ1v) is 15.5. The molecular weight excluding hydrogens is 570 g/mol. The number of para-hydroxylation sites is 1. The molecule has 2 atom stereocenters. The van der Waals surface area contributed by atoms with E-state index in [9.17, 15) is 19.2 Å². The quantitative estimate of drug-likeness (QED) is 0.394. The van der Waals surface area contributed by atoms with E-state index in [1.807, 2.05) is 48.5 Å². The molecule has 5 rings (SSSR count). The maximum Gasteiger partial charge on any atom is 0.255 e. The molecule has 3 aromatic carbocycles. The predicted octanol–water partition coefficient (Wildman–Crippen LogP) is 2.53. The molecule has 0 bridgehead atoms. The summed E-state index contributed by atoms with van der Waals surface area (Å²) in [5.41, 5.74) is 2.38. The minimum absolute atomic E-state index is 0.0886. The number of likely N-dealkylation sites (N-methyl/N-ethyl adjacent to an activating group) is 1. The number of rotatable bonds is 6. The summed E-state index contributed by atoms with van der Waals surface area (Å²) in [6, 6.07) is 24.3. The smallest absolute Gasteiger partial charge is 0.255 e. The summed E-state index contributed by atoms with van der Waals surface area (Å²) in [6.45, 7) is 2.88. The van der Waals surface area contributed by atoms with Crippen LogP contribution in [0.5, 0.6) is 5.75 Å². The minimum Gasteiger partial charge on any atom is -0.491 e. The number of likely N-dealkylation sites (tertiary alicyclic amines) is 1. The van der Waals surface area contributed by atoms with Gasteiger partial charge in [0, 0.05) is 39.1 Å². The Bertz CT molecular complexity index is 1460. The summed E-state index contributed by atoms with van der Waals surface area (Å²) in [5.74, 6) is -1.39. The van der Waals surface area contributed by atoms with Gasteiger partial charge in [0.1, 0.15) is 24.4 Å². The highest BCUT2D eigenvalue weighted by atomic mass is 16.5. The number of nitrogens with one attached hydrogen (secondary N) is 3. The van der Waals surface area contributed by atoms with Gasteiger partial charge in [0.2, 0.25) is 17.7 Å². The second kappa shape index (κ2) is 15.3. The van der Waals surface area contributed by atoms with E-state index in [1.165, 1.54) is 10.5 Å². The Kier molecular flexibility index (Phi) is 10.8. The van der Waals surface area contributed by atoms with Crippen LogP contribution in [0.15, 0.2) is 84.9 Å². The minimum atomic E-state index is -1.15. The molecule has 3 aromatic rings. The van der Waals surface area contributed by atoms with Gasteiger partial charge in [-0.05, 0) is 36.1 Å². The van der Waals surface area contributed by atoms with Crippen molar-refractivity contribution in [2.45, 2.75) is 50.4 Å². The lowest BCUT2D eigenvalue weighted by Gasteiger charge is -2.33. The second-order valence-electron chi connectivity index (χ2n) is 11.7. The lowest BCUT2D eigenvalue weighted by Crippen LogP contribution is -2.55. The number of nitrogens with zero attached hydrogens (tertiary/aromatic N) is 2. The van der Waals surface area contributed by atoms with Gasteiger partial charge in [0.25, 0.3) is 5.91 Å². The van der Waals surface area contributed by atoms with Crippen LogP contribution in [0.2, 0.25) is 0 Å². The first-order valence-electron chi connectivity index (χ1n) is 15.5. The molecule has 3 N–H and O–H groups in total. The van der Waals surface area contributed by atoms with Gasteiger partial charge >= 0.3 is 0 Å². The van der Waals surface area contributed by atoms with Crippen LogP contribution in [0.1, 0.15) is 40.7 Å². The van der Waals surface area contributed by atoms with Crippen LogP contribution in [0.25, 0.3) is 0 Å². The Morgan fingerprint density at radius 2 is 1.49 bits per heavy atom. The molecule has 4 amide bonds. The van der Waals surface area contributed by atoms with E-state index in [1.54, 1.807) is 31.3 Å². The molecule has 0 aromatic heterocycles. The lowest BCUT2D eigenvalue weighted by atomic mass is 10.0. The van der Waals surface area contributed by atoms with Crippen LogP contribution in [0.3, 0.4) is 0 Å². The molecule has 0 saturated carbocycles. The van der Waals surface area contributed by atoms with E-state index in [-0.39, 0.29) is 43.5 Å². The van der Waals surface area contributed by atoms with Gasteiger partial charge < -0.3 is 25.6 Å². The lowest BCUT2D eigenvalue weighted by molar-refractivity contribution is -0.136. The fourth-order valence-electron chi connectivity index (χ4n) is 5.76. The fraction of sp³-hybridized carbons (Fsp3) is 0.371. The Morgan fingerprint density at radius 1 is 0.844 bits per heavy atom. The van der Waals surface area contributed by atoms with Gasteiger partial charge in [0.05, 0.1) is 18.5 Å². The number of carbonyl (C=O) groups excluding carboxylic acids is 4. The Balaban J connectivity index is 1.31. The van der Waals surface area contributed by atoms with E-state index in [0.717, 1.165) is 38.0 Å². The molecule has 0 aliphatic carbocycles. The van der Waals surface area contributed by atoms with E-state index >= 15 is 0 Å². The van der Waals surface area contributed by atoms with Crippen molar-refractivity contribution in [1.29, 1.82) is 0 Å². The zero-order chi connectivity index (χ0) is 31.6. The SMILES string of the molecule is CN1CCOc2ccccc2C(=O)N[C@H](C(=O)NC2CCN(Cc3ccccc3)CC2)CC(=O)N[C@@H](Cc2ccccc2)C1=O. The topological polar surface area (TPSA) is 120 Å². The zero-order valence-corrected chi connectivity index (χ0v) is 25.6. The predicted molar refractivity (Wildman–Crippen MR) is 170 cm³/mol. The third-order valence-electron chi connectivity index (χ3n) is 8.30. The molecule has 0 unspecified atom stereocenters. The van der Waals surface area contributed by atoms with Crippen molar-refractivity contribution < 1.29 is 23.9 Å². The molecule has 0 radical (unpaired) electrons. The van der Waals surface area contributed by atoms with Crippen molar-refractivity contribution in [2.24, 2.45) is 0 Å². The molecule has 10 heteroatoms. The van der Waals surface area contributed by atoms with Crippen molar-refractivity contribution in [3.63, 3.8) is 0 Å². The molecule has 0 spiro atoms. The van der Waals surface area contributed by atoms with Crippen LogP contribution in [0.4, 0.5) is 0 Å². The molecule has 2 aliphatic rings. The van der Waals surface area contributed by atoms with Crippen molar-refractivity contribution in [2.75, 3.05) is 33.3 Å². The van der Waals surface area contributed by atoms with Crippen molar-refractivity contribution in [1.82, 2.24) is 25.8 Å². The molecule has 1 saturated heterocycles. The van der Waals surface area contributed by atoms with Gasteiger partial charge in [0.15, 0.2) is 0 Å². The largest absolute Gasteiger partial charge is 0.491 e. The highest BCUT2D eigenvalue weighted by Crippen LogP contribution is 2.19. The van der Waals surface area contributed by atoms with Crippen molar-refractivity contribution in [3.8, 4) is 5.75 Å². The number of benzene rings is 3. The molecule has 2 heterocycles. The Hall–Kier alpha value is -4.70. The summed E-state index contributed by atoms with van der Waals surface area (Å²) in [4.78, 5) is 57.9. The number of hydrogen-bond donors (Lipinski definition) is 3. The summed E-state index contributed by atoms with van der Waals surface area (Å²) < 4.78 is 5.92. The van der Waals surface area contributed by atoms with Gasteiger partial charge in [-0.1, -0.05) is 72.8 Å². The van der Waals surface area contributed by atoms with E-state index in [0.29, 0.717) is 5.75 Å². The number of hydrogen-bond acceptors (Lipinski definition) is 6. The summed E-state index contributed by atoms with van der Waals surface area (Å²) in [5, 5.41) is 8.69. The van der Waals surface area contributed by atoms with E-state index in [2.05, 4.69) is 33.0 Å². The molecule has 10 nitrogen and oxygen atoms in total. The molecular formula is C35H41N5O5. The van der Waals surface area contributed by atoms with Crippen molar-refractivity contribution in [3.05, 3.63) is 102 Å². The van der Waals surface area contributed by atoms with Gasteiger partial charge in [-0.15, -0.1) is 0 Å². The average Bonchev–Trinajstić information content (AvgIpc) is 3.05. The van der Waals surface area contributed by atoms with Crippen LogP contribution in [-0.4, -0.2) is 84.8 Å². The average molecular weight is 612 g/mol. The number of amides is 4. The van der Waals surface area contributed by atoms with Crippen LogP contribution < -0.4 is 20.7 Å². The molecule has 45 heavy (non-hydrogen) atoms. The third kappa shape index (κ3) is 8.92. The van der Waals surface area contributed by atoms with Crippen molar-refractivity contribution >= 4 is 23.6 Å². The zero-order valence-electron chi connectivity index (χ0n) is 25.6. The number of piperidine rings is 1. The first-order chi connectivity index (χ1) is 21.9. The standard InChI is InChI=1S/C35H41N5O5/c1-39-20-21-45-31-15-9-8-14-28(31)33(42)38-29(23-32(41)37-30(35(39)44)22-25-10-4-2-5-11-25)34(43)36-27-16-18-40(19-17-27)24-26-12-6-3-7-13-26/h2-15,27,29-30H,16-24H2,1H3,(H,36,43)(H,37,41)(H,38,42)/t29-,30-/m0/s1. The third-order valence-corrected chi connectivity index (χ3v) is 8.30. The van der Waals surface area contributed by atoms with Crippen LogP contribution >= 0.6 is 0 Å². The number of carbonyl (C=O) groups is 4. The monoisotopic (exact) mass is 611 g/mol. The van der Waals surface area contributed by atoms with Crippen LogP contribution in [0, 0.1) is 0 Å². The van der Waals surface area contributed by atoms with E-state index < -0.39 is 29.8 Å². The highest BCUT2D eigenvalue weighted by Gasteiger charge is 2.31. The number of ether oxygens (including phenoxy) is 1. The maximum absolute atomic E-state index is 13.6. The fourth-order valence-corrected chi connectivity index (χ4v) is 5.76. The molecule has 1 fully saturated rings. The maximum atomic E-state index is 13.6. The molecule has 236 valence electrons. The number of fused-ring (bicyclic) bond motifs is 1. The summed E-state index contributed by atoms with van der Waals surface area (Å²) in [6.07, 6.45) is 1.46. The first kappa shape index (κ1) is 31.7. The second-order valence-corrected chi connectivity index (χ2v) is 11.7. The molecule has 2 aliphatic heterocycles.